The summed E-state index contributed by atoms with van der Waals surface area (Å²) in [7, 11) is 0. The predicted molar refractivity (Wildman–Crippen MR) is 84.9 cm³/mol. The molecule has 2 aromatic carbocycles. The van der Waals surface area contributed by atoms with Crippen molar-refractivity contribution in [1.29, 1.82) is 0 Å². The smallest absolute Gasteiger partial charge is 0.0612 e. The number of hydrogen-bond acceptors (Lipinski definition) is 1. The fourth-order valence-electron chi connectivity index (χ4n) is 2.66. The molecule has 0 heterocycles. The number of aliphatic hydroxyl groups is 1. The van der Waals surface area contributed by atoms with E-state index in [2.05, 4.69) is 24.3 Å². The van der Waals surface area contributed by atoms with Gasteiger partial charge in [0, 0.05) is 10.9 Å². The van der Waals surface area contributed by atoms with Gasteiger partial charge in [0.15, 0.2) is 0 Å². The monoisotopic (exact) mass is 282 g/mol. The zero-order valence-electron chi connectivity index (χ0n) is 11.0. The first-order valence-corrected chi connectivity index (χ1v) is 7.01. The van der Waals surface area contributed by atoms with Crippen LogP contribution in [0.15, 0.2) is 54.6 Å². The predicted octanol–water partition coefficient (Wildman–Crippen LogP) is 4.50. The van der Waals surface area contributed by atoms with Crippen LogP contribution in [-0.4, -0.2) is 11.7 Å². The van der Waals surface area contributed by atoms with Gasteiger partial charge in [-0.25, -0.2) is 0 Å². The minimum absolute atomic E-state index is 0.0436. The van der Waals surface area contributed by atoms with Crippen molar-refractivity contribution in [2.24, 2.45) is 0 Å². The summed E-state index contributed by atoms with van der Waals surface area (Å²) in [6, 6.07) is 14.3. The van der Waals surface area contributed by atoms with E-state index in [4.69, 9.17) is 16.7 Å². The topological polar surface area (TPSA) is 20.2 Å². The zero-order chi connectivity index (χ0) is 13.9. The van der Waals surface area contributed by atoms with E-state index < -0.39 is 0 Å². The summed E-state index contributed by atoms with van der Waals surface area (Å²) in [6.45, 7) is 0.0436. The molecule has 1 aliphatic carbocycles. The van der Waals surface area contributed by atoms with Gasteiger partial charge in [-0.2, -0.15) is 0 Å². The lowest BCUT2D eigenvalue weighted by Gasteiger charge is -2.17. The van der Waals surface area contributed by atoms with Gasteiger partial charge in [0.25, 0.3) is 0 Å². The highest BCUT2D eigenvalue weighted by Gasteiger charge is 2.19. The normalized spacial score (nSPS) is 16.8. The molecular formula is C18H15ClO. The first-order valence-electron chi connectivity index (χ1n) is 6.63. The third kappa shape index (κ3) is 2.43. The molecule has 0 radical (unpaired) electrons. The van der Waals surface area contributed by atoms with Gasteiger partial charge < -0.3 is 5.11 Å². The van der Waals surface area contributed by atoms with Crippen LogP contribution in [0, 0.1) is 0 Å². The largest absolute Gasteiger partial charge is 0.392 e. The number of fused-ring (bicyclic) bond motifs is 2. The second-order valence-corrected chi connectivity index (χ2v) is 5.26. The average Bonchev–Trinajstić information content (AvgIpc) is 2.62. The van der Waals surface area contributed by atoms with E-state index in [1.54, 1.807) is 6.08 Å². The number of rotatable bonds is 2. The minimum atomic E-state index is 0.0436. The fourth-order valence-corrected chi connectivity index (χ4v) is 2.84. The first-order chi connectivity index (χ1) is 9.79. The van der Waals surface area contributed by atoms with Crippen molar-refractivity contribution in [1.82, 2.24) is 0 Å². The lowest BCUT2D eigenvalue weighted by molar-refractivity contribution is 0.342. The van der Waals surface area contributed by atoms with Gasteiger partial charge in [-0.1, -0.05) is 66.2 Å². The van der Waals surface area contributed by atoms with E-state index in [1.165, 1.54) is 16.7 Å². The third-order valence-corrected chi connectivity index (χ3v) is 3.83. The molecular weight excluding hydrogens is 268 g/mol. The van der Waals surface area contributed by atoms with Gasteiger partial charge in [0.05, 0.1) is 6.61 Å². The zero-order valence-corrected chi connectivity index (χ0v) is 11.7. The van der Waals surface area contributed by atoms with Crippen LogP contribution in [0.2, 0.25) is 5.02 Å². The molecule has 0 aromatic heterocycles. The molecule has 0 fully saturated rings. The Kier molecular flexibility index (Phi) is 3.72. The summed E-state index contributed by atoms with van der Waals surface area (Å²) in [4.78, 5) is 0. The van der Waals surface area contributed by atoms with Crippen molar-refractivity contribution in [2.45, 2.75) is 5.92 Å². The highest BCUT2D eigenvalue weighted by molar-refractivity contribution is 6.30. The van der Waals surface area contributed by atoms with Crippen LogP contribution in [0.25, 0.3) is 12.2 Å². The van der Waals surface area contributed by atoms with Gasteiger partial charge in [0.2, 0.25) is 0 Å². The van der Waals surface area contributed by atoms with Crippen molar-refractivity contribution < 1.29 is 5.11 Å². The average molecular weight is 283 g/mol. The summed E-state index contributed by atoms with van der Waals surface area (Å²) in [5.74, 6) is 0.113. The van der Waals surface area contributed by atoms with Crippen LogP contribution in [-0.2, 0) is 0 Å². The molecule has 0 bridgehead atoms. The molecule has 0 spiro atoms. The van der Waals surface area contributed by atoms with Gasteiger partial charge in [-0.15, -0.1) is 0 Å². The van der Waals surface area contributed by atoms with Crippen molar-refractivity contribution >= 4 is 23.8 Å². The van der Waals surface area contributed by atoms with E-state index >= 15 is 0 Å². The molecule has 20 heavy (non-hydrogen) atoms. The highest BCUT2D eigenvalue weighted by atomic mass is 35.5. The maximum absolute atomic E-state index is 9.09. The molecule has 2 heteroatoms. The maximum atomic E-state index is 9.09. The lowest BCUT2D eigenvalue weighted by Crippen LogP contribution is -2.01. The van der Waals surface area contributed by atoms with E-state index in [0.29, 0.717) is 0 Å². The molecule has 0 saturated carbocycles. The molecule has 100 valence electrons. The Morgan fingerprint density at radius 3 is 2.55 bits per heavy atom. The molecule has 1 N–H and O–H groups in total. The Hall–Kier alpha value is -1.83. The van der Waals surface area contributed by atoms with Gasteiger partial charge >= 0.3 is 0 Å². The van der Waals surface area contributed by atoms with Crippen LogP contribution in [0.1, 0.15) is 28.2 Å². The van der Waals surface area contributed by atoms with Crippen LogP contribution < -0.4 is 0 Å². The molecule has 2 aromatic rings. The standard InChI is InChI=1S/C18H15ClO/c19-15-10-9-14-8-7-13-4-1-2-5-16(13)17(6-3-11-20)18(14)12-15/h1-10,12,17,20H,11H2. The summed E-state index contributed by atoms with van der Waals surface area (Å²) in [5, 5.41) is 9.82. The van der Waals surface area contributed by atoms with Gasteiger partial charge in [-0.05, 0) is 34.4 Å². The number of allylic oxidation sites excluding steroid dienone is 1. The molecule has 1 nitrogen and oxygen atoms in total. The Morgan fingerprint density at radius 2 is 1.75 bits per heavy atom. The molecule has 0 amide bonds. The Morgan fingerprint density at radius 1 is 1.00 bits per heavy atom. The van der Waals surface area contributed by atoms with Crippen LogP contribution >= 0.6 is 11.6 Å². The van der Waals surface area contributed by atoms with Gasteiger partial charge in [-0.3, -0.25) is 0 Å². The fraction of sp³-hybridized carbons (Fsp3) is 0.111. The Balaban J connectivity index is 2.23. The number of hydrogen-bond donors (Lipinski definition) is 1. The first kappa shape index (κ1) is 13.2. The Labute approximate surface area is 123 Å². The number of halogens is 1. The van der Waals surface area contributed by atoms with Crippen molar-refractivity contribution in [3.05, 3.63) is 81.9 Å². The highest BCUT2D eigenvalue weighted by Crippen LogP contribution is 2.36. The summed E-state index contributed by atoms with van der Waals surface area (Å²) < 4.78 is 0. The van der Waals surface area contributed by atoms with Crippen LogP contribution in [0.4, 0.5) is 0 Å². The van der Waals surface area contributed by atoms with Crippen molar-refractivity contribution in [2.75, 3.05) is 6.61 Å². The summed E-state index contributed by atoms with van der Waals surface area (Å²) in [5.41, 5.74) is 4.77. The third-order valence-electron chi connectivity index (χ3n) is 3.59. The lowest BCUT2D eigenvalue weighted by atomic mass is 9.87. The Bertz CT molecular complexity index is 686. The second kappa shape index (κ2) is 5.66. The molecule has 1 atom stereocenters. The molecule has 3 rings (SSSR count). The summed E-state index contributed by atoms with van der Waals surface area (Å²) in [6.07, 6.45) is 8.09. The van der Waals surface area contributed by atoms with E-state index in [1.807, 2.05) is 36.4 Å². The van der Waals surface area contributed by atoms with Crippen LogP contribution in [0.5, 0.6) is 0 Å². The number of aliphatic hydroxyl groups excluding tert-OH is 1. The molecule has 0 saturated heterocycles. The molecule has 0 aliphatic heterocycles. The van der Waals surface area contributed by atoms with Crippen molar-refractivity contribution in [3.63, 3.8) is 0 Å². The van der Waals surface area contributed by atoms with Crippen molar-refractivity contribution in [3.8, 4) is 0 Å². The van der Waals surface area contributed by atoms with E-state index in [9.17, 15) is 0 Å². The summed E-state index contributed by atoms with van der Waals surface area (Å²) >= 11 is 6.16. The van der Waals surface area contributed by atoms with Gasteiger partial charge in [0.1, 0.15) is 0 Å². The van der Waals surface area contributed by atoms with Crippen LogP contribution in [0.3, 0.4) is 0 Å². The maximum Gasteiger partial charge on any atom is 0.0612 e. The number of benzene rings is 2. The molecule has 1 unspecified atom stereocenters. The quantitative estimate of drug-likeness (QED) is 0.804. The minimum Gasteiger partial charge on any atom is -0.392 e. The second-order valence-electron chi connectivity index (χ2n) is 4.82. The van der Waals surface area contributed by atoms with E-state index in [0.717, 1.165) is 10.6 Å². The van der Waals surface area contributed by atoms with E-state index in [-0.39, 0.29) is 12.5 Å². The SMILES string of the molecule is OCC=CC1c2ccccc2C=Cc2ccc(Cl)cc21. The molecule has 1 aliphatic rings.